The third-order valence-corrected chi connectivity index (χ3v) is 3.48. The molecule has 0 radical (unpaired) electrons. The van der Waals surface area contributed by atoms with E-state index in [4.69, 9.17) is 15.6 Å². The second-order valence-electron chi connectivity index (χ2n) is 5.32. The summed E-state index contributed by atoms with van der Waals surface area (Å²) in [7, 11) is 0. The fourth-order valence-electron chi connectivity index (χ4n) is 2.33. The molecule has 0 atom stereocenters. The predicted molar refractivity (Wildman–Crippen MR) is 93.4 cm³/mol. The summed E-state index contributed by atoms with van der Waals surface area (Å²) in [5.74, 6) is -3.17. The van der Waals surface area contributed by atoms with Gasteiger partial charge in [0.15, 0.2) is 0 Å². The van der Waals surface area contributed by atoms with Crippen molar-refractivity contribution in [1.82, 2.24) is 4.57 Å². The van der Waals surface area contributed by atoms with Crippen LogP contribution in [-0.2, 0) is 4.79 Å². The summed E-state index contributed by atoms with van der Waals surface area (Å²) in [6, 6.07) is 21.4. The van der Waals surface area contributed by atoms with Crippen LogP contribution < -0.4 is 5.73 Å². The van der Waals surface area contributed by atoms with Gasteiger partial charge in [-0.05, 0) is 23.8 Å². The van der Waals surface area contributed by atoms with Crippen molar-refractivity contribution in [3.8, 4) is 16.9 Å². The maximum atomic E-state index is 11.6. The Balaban J connectivity index is 0.000000321. The highest BCUT2D eigenvalue weighted by Crippen LogP contribution is 2.27. The third kappa shape index (κ3) is 4.97. The van der Waals surface area contributed by atoms with Crippen LogP contribution in [0.1, 0.15) is 10.4 Å². The Hall–Kier alpha value is -3.55. The van der Waals surface area contributed by atoms with Gasteiger partial charge in [-0.3, -0.25) is 4.79 Å². The molecule has 0 saturated carbocycles. The number of amides is 1. The molecule has 3 N–H and O–H groups in total. The third-order valence-electron chi connectivity index (χ3n) is 3.48. The number of benzene rings is 2. The Kier molecular flexibility index (Phi) is 6.02. The molecule has 3 aromatic rings. The van der Waals surface area contributed by atoms with Gasteiger partial charge in [-0.2, -0.15) is 13.2 Å². The number of carbonyl (C=O) groups is 2. The first-order chi connectivity index (χ1) is 12.7. The molecule has 1 aromatic heterocycles. The number of carboxylic acid groups (broad SMARTS) is 1. The Morgan fingerprint density at radius 2 is 1.37 bits per heavy atom. The molecule has 2 aromatic carbocycles. The van der Waals surface area contributed by atoms with Crippen LogP contribution in [0, 0.1) is 0 Å². The molecule has 3 rings (SSSR count). The zero-order chi connectivity index (χ0) is 20.0. The van der Waals surface area contributed by atoms with Crippen molar-refractivity contribution in [1.29, 1.82) is 0 Å². The molecule has 0 spiro atoms. The molecule has 5 nitrogen and oxygen atoms in total. The number of alkyl halides is 3. The van der Waals surface area contributed by atoms with Crippen molar-refractivity contribution >= 4 is 11.9 Å². The molecule has 140 valence electrons. The van der Waals surface area contributed by atoms with Gasteiger partial charge in [0.1, 0.15) is 0 Å². The Morgan fingerprint density at radius 1 is 0.889 bits per heavy atom. The molecular formula is C19H15F3N2O3. The zero-order valence-electron chi connectivity index (χ0n) is 13.9. The van der Waals surface area contributed by atoms with Crippen LogP contribution in [-0.4, -0.2) is 27.7 Å². The fourth-order valence-corrected chi connectivity index (χ4v) is 2.33. The van der Waals surface area contributed by atoms with Crippen molar-refractivity contribution in [3.05, 3.63) is 78.5 Å². The molecule has 1 amide bonds. The molecule has 27 heavy (non-hydrogen) atoms. The summed E-state index contributed by atoms with van der Waals surface area (Å²) in [4.78, 5) is 20.5. The van der Waals surface area contributed by atoms with E-state index in [-0.39, 0.29) is 0 Å². The second kappa shape index (κ2) is 8.22. The lowest BCUT2D eigenvalue weighted by molar-refractivity contribution is -0.192. The van der Waals surface area contributed by atoms with Crippen LogP contribution in [0.5, 0.6) is 0 Å². The van der Waals surface area contributed by atoms with Crippen LogP contribution in [0.2, 0.25) is 0 Å². The lowest BCUT2D eigenvalue weighted by Crippen LogP contribution is -2.21. The van der Waals surface area contributed by atoms with Crippen LogP contribution in [0.15, 0.2) is 72.9 Å². The number of primary amides is 1. The van der Waals surface area contributed by atoms with Gasteiger partial charge in [0.05, 0.1) is 11.3 Å². The first-order valence-electron chi connectivity index (χ1n) is 7.64. The summed E-state index contributed by atoms with van der Waals surface area (Å²) in [5.41, 5.74) is 8.81. The SMILES string of the molecule is NC(=O)c1ccn(-c2ccccc2)c1-c1ccccc1.O=C(O)C(F)(F)F. The van der Waals surface area contributed by atoms with E-state index in [1.54, 1.807) is 6.07 Å². The number of para-hydroxylation sites is 1. The number of rotatable bonds is 3. The lowest BCUT2D eigenvalue weighted by Gasteiger charge is -2.11. The van der Waals surface area contributed by atoms with Gasteiger partial charge in [0, 0.05) is 11.9 Å². The number of hydrogen-bond acceptors (Lipinski definition) is 2. The van der Waals surface area contributed by atoms with Crippen molar-refractivity contribution in [3.63, 3.8) is 0 Å². The monoisotopic (exact) mass is 376 g/mol. The van der Waals surface area contributed by atoms with Gasteiger partial charge in [0.25, 0.3) is 5.91 Å². The summed E-state index contributed by atoms with van der Waals surface area (Å²) in [6.45, 7) is 0. The molecule has 0 aliphatic rings. The minimum atomic E-state index is -5.08. The number of halogens is 3. The smallest absolute Gasteiger partial charge is 0.475 e. The maximum Gasteiger partial charge on any atom is 0.490 e. The summed E-state index contributed by atoms with van der Waals surface area (Å²) >= 11 is 0. The Bertz CT molecular complexity index is 920. The molecule has 0 aliphatic carbocycles. The summed E-state index contributed by atoms with van der Waals surface area (Å²) in [5, 5.41) is 7.12. The first-order valence-corrected chi connectivity index (χ1v) is 7.64. The van der Waals surface area contributed by atoms with Crippen LogP contribution in [0.3, 0.4) is 0 Å². The minimum Gasteiger partial charge on any atom is -0.475 e. The first kappa shape index (κ1) is 19.8. The summed E-state index contributed by atoms with van der Waals surface area (Å²) in [6.07, 6.45) is -3.21. The standard InChI is InChI=1S/C17H14N2O.C2HF3O2/c18-17(20)15-11-12-19(14-9-5-2-6-10-14)16(15)13-7-3-1-4-8-13;3-2(4,5)1(6)7/h1-12H,(H2,18,20);(H,6,7). The Labute approximate surface area is 152 Å². The number of nitrogens with two attached hydrogens (primary N) is 1. The topological polar surface area (TPSA) is 85.3 Å². The van der Waals surface area contributed by atoms with E-state index < -0.39 is 18.1 Å². The molecular weight excluding hydrogens is 361 g/mol. The van der Waals surface area contributed by atoms with Gasteiger partial charge in [-0.1, -0.05) is 48.5 Å². The highest BCUT2D eigenvalue weighted by Gasteiger charge is 2.38. The second-order valence-corrected chi connectivity index (χ2v) is 5.32. The lowest BCUT2D eigenvalue weighted by atomic mass is 10.1. The number of carboxylic acids is 1. The largest absolute Gasteiger partial charge is 0.490 e. The zero-order valence-corrected chi connectivity index (χ0v) is 13.9. The van der Waals surface area contributed by atoms with Crippen LogP contribution >= 0.6 is 0 Å². The van der Waals surface area contributed by atoms with Gasteiger partial charge in [0.2, 0.25) is 0 Å². The minimum absolute atomic E-state index is 0.418. The van der Waals surface area contributed by atoms with Crippen molar-refractivity contribution in [2.75, 3.05) is 0 Å². The summed E-state index contributed by atoms with van der Waals surface area (Å²) < 4.78 is 33.7. The van der Waals surface area contributed by atoms with Crippen molar-refractivity contribution in [2.24, 2.45) is 5.73 Å². The van der Waals surface area contributed by atoms with E-state index in [2.05, 4.69) is 0 Å². The van der Waals surface area contributed by atoms with Gasteiger partial charge >= 0.3 is 12.1 Å². The molecule has 0 bridgehead atoms. The van der Waals surface area contributed by atoms with Crippen molar-refractivity contribution in [2.45, 2.75) is 6.18 Å². The van der Waals surface area contributed by atoms with E-state index in [0.29, 0.717) is 5.56 Å². The number of nitrogens with zero attached hydrogens (tertiary/aromatic N) is 1. The maximum absolute atomic E-state index is 11.6. The average molecular weight is 376 g/mol. The molecule has 8 heteroatoms. The number of aromatic nitrogens is 1. The highest BCUT2D eigenvalue weighted by atomic mass is 19.4. The Morgan fingerprint density at radius 3 is 1.81 bits per heavy atom. The van der Waals surface area contributed by atoms with Gasteiger partial charge in [-0.25, -0.2) is 4.79 Å². The normalized spacial score (nSPS) is 10.6. The highest BCUT2D eigenvalue weighted by molar-refractivity contribution is 5.99. The molecule has 0 saturated heterocycles. The number of hydrogen-bond donors (Lipinski definition) is 2. The molecule has 1 heterocycles. The van der Waals surface area contributed by atoms with E-state index in [9.17, 15) is 18.0 Å². The van der Waals surface area contributed by atoms with E-state index in [0.717, 1.165) is 16.9 Å². The number of carbonyl (C=O) groups excluding carboxylic acids is 1. The van der Waals surface area contributed by atoms with Gasteiger partial charge < -0.3 is 15.4 Å². The van der Waals surface area contributed by atoms with E-state index in [1.807, 2.05) is 71.4 Å². The van der Waals surface area contributed by atoms with Crippen LogP contribution in [0.25, 0.3) is 16.9 Å². The average Bonchev–Trinajstić information content (AvgIpc) is 3.08. The van der Waals surface area contributed by atoms with Gasteiger partial charge in [-0.15, -0.1) is 0 Å². The van der Waals surface area contributed by atoms with Crippen molar-refractivity contribution < 1.29 is 27.9 Å². The molecule has 0 unspecified atom stereocenters. The molecule has 0 fully saturated rings. The predicted octanol–water partition coefficient (Wildman–Crippen LogP) is 3.88. The van der Waals surface area contributed by atoms with E-state index in [1.165, 1.54) is 0 Å². The number of aliphatic carboxylic acids is 1. The van der Waals surface area contributed by atoms with Crippen LogP contribution in [0.4, 0.5) is 13.2 Å². The van der Waals surface area contributed by atoms with E-state index >= 15 is 0 Å². The fraction of sp³-hybridized carbons (Fsp3) is 0.0526. The molecule has 0 aliphatic heterocycles. The quantitative estimate of drug-likeness (QED) is 0.728.